The molecule has 0 spiro atoms. The van der Waals surface area contributed by atoms with Crippen LogP contribution in [0.2, 0.25) is 0 Å². The minimum absolute atomic E-state index is 0.0127. The first kappa shape index (κ1) is 17.2. The Morgan fingerprint density at radius 2 is 1.83 bits per heavy atom. The third-order valence-corrected chi connectivity index (χ3v) is 5.10. The van der Waals surface area contributed by atoms with Crippen LogP contribution in [-0.4, -0.2) is 33.9 Å². The van der Waals surface area contributed by atoms with E-state index in [2.05, 4.69) is 16.9 Å². The standard InChI is InChI=1S/C17H22F3N3O/c1-10-5-7-23(8-6-10)16(24)12-3-4-14-13(9-12)15(17(18,19)20)22-11(2)21-14/h10,12H,3-9H2,1-2H3. The summed E-state index contributed by atoms with van der Waals surface area (Å²) in [5, 5.41) is 0. The molecule has 132 valence electrons. The highest BCUT2D eigenvalue weighted by molar-refractivity contribution is 5.79. The average Bonchev–Trinajstić information content (AvgIpc) is 2.53. The van der Waals surface area contributed by atoms with Crippen molar-refractivity contribution in [1.82, 2.24) is 14.9 Å². The van der Waals surface area contributed by atoms with E-state index >= 15 is 0 Å². The summed E-state index contributed by atoms with van der Waals surface area (Å²) in [7, 11) is 0. The first-order chi connectivity index (χ1) is 11.3. The lowest BCUT2D eigenvalue weighted by molar-refractivity contribution is -0.143. The number of likely N-dealkylation sites (tertiary alicyclic amines) is 1. The topological polar surface area (TPSA) is 46.1 Å². The van der Waals surface area contributed by atoms with Crippen LogP contribution in [0.4, 0.5) is 13.2 Å². The number of amides is 1. The number of carbonyl (C=O) groups is 1. The molecule has 2 heterocycles. The second-order valence-electron chi connectivity index (χ2n) is 6.99. The number of piperidine rings is 1. The van der Waals surface area contributed by atoms with Crippen LogP contribution in [-0.2, 0) is 23.8 Å². The van der Waals surface area contributed by atoms with Gasteiger partial charge in [-0.3, -0.25) is 4.79 Å². The molecule has 0 N–H and O–H groups in total. The molecule has 0 radical (unpaired) electrons. The molecule has 1 fully saturated rings. The lowest BCUT2D eigenvalue weighted by atomic mass is 9.84. The number of rotatable bonds is 1. The lowest BCUT2D eigenvalue weighted by Crippen LogP contribution is -2.43. The molecule has 0 bridgehead atoms. The molecule has 0 aromatic carbocycles. The zero-order chi connectivity index (χ0) is 17.5. The van der Waals surface area contributed by atoms with E-state index in [0.717, 1.165) is 12.8 Å². The summed E-state index contributed by atoms with van der Waals surface area (Å²) in [6.45, 7) is 5.05. The molecular weight excluding hydrogens is 319 g/mol. The molecule has 1 aromatic heterocycles. The summed E-state index contributed by atoms with van der Waals surface area (Å²) in [5.41, 5.74) is -0.302. The maximum Gasteiger partial charge on any atom is 0.433 e. The number of hydrogen-bond donors (Lipinski definition) is 0. The predicted molar refractivity (Wildman–Crippen MR) is 82.3 cm³/mol. The molecule has 1 aromatic rings. The predicted octanol–water partition coefficient (Wildman–Crippen LogP) is 3.17. The Morgan fingerprint density at radius 1 is 1.17 bits per heavy atom. The van der Waals surface area contributed by atoms with Gasteiger partial charge in [0.1, 0.15) is 5.82 Å². The monoisotopic (exact) mass is 341 g/mol. The van der Waals surface area contributed by atoms with Crippen molar-refractivity contribution in [2.24, 2.45) is 11.8 Å². The highest BCUT2D eigenvalue weighted by atomic mass is 19.4. The van der Waals surface area contributed by atoms with Crippen LogP contribution in [0, 0.1) is 18.8 Å². The molecule has 0 saturated carbocycles. The van der Waals surface area contributed by atoms with Gasteiger partial charge in [-0.15, -0.1) is 0 Å². The van der Waals surface area contributed by atoms with Crippen LogP contribution in [0.5, 0.6) is 0 Å². The zero-order valence-electron chi connectivity index (χ0n) is 14.0. The molecule has 1 aliphatic carbocycles. The fourth-order valence-corrected chi connectivity index (χ4v) is 3.67. The fourth-order valence-electron chi connectivity index (χ4n) is 3.67. The highest BCUT2D eigenvalue weighted by Gasteiger charge is 2.40. The summed E-state index contributed by atoms with van der Waals surface area (Å²) in [5.74, 6) is 0.338. The van der Waals surface area contributed by atoms with Crippen LogP contribution < -0.4 is 0 Å². The first-order valence-corrected chi connectivity index (χ1v) is 8.48. The number of aryl methyl sites for hydroxylation is 2. The third-order valence-electron chi connectivity index (χ3n) is 5.10. The molecule has 24 heavy (non-hydrogen) atoms. The van der Waals surface area contributed by atoms with Gasteiger partial charge in [-0.1, -0.05) is 6.92 Å². The Kier molecular flexibility index (Phi) is 4.53. The summed E-state index contributed by atoms with van der Waals surface area (Å²) in [4.78, 5) is 22.3. The largest absolute Gasteiger partial charge is 0.433 e. The van der Waals surface area contributed by atoms with Gasteiger partial charge in [0.05, 0.1) is 0 Å². The van der Waals surface area contributed by atoms with Crippen LogP contribution in [0.3, 0.4) is 0 Å². The van der Waals surface area contributed by atoms with E-state index in [1.165, 1.54) is 6.92 Å². The summed E-state index contributed by atoms with van der Waals surface area (Å²) in [6, 6.07) is 0. The maximum atomic E-state index is 13.3. The molecular formula is C17H22F3N3O. The molecule has 1 atom stereocenters. The third kappa shape index (κ3) is 3.39. The van der Waals surface area contributed by atoms with Crippen molar-refractivity contribution in [2.75, 3.05) is 13.1 Å². The molecule has 1 unspecified atom stereocenters. The normalized spacial score (nSPS) is 22.4. The number of hydrogen-bond acceptors (Lipinski definition) is 3. The average molecular weight is 341 g/mol. The van der Waals surface area contributed by atoms with Crippen molar-refractivity contribution in [3.05, 3.63) is 22.8 Å². The SMILES string of the molecule is Cc1nc2c(c(C(F)(F)F)n1)CC(C(=O)N1CCC(C)CC1)CC2. The number of halogens is 3. The number of alkyl halides is 3. The van der Waals surface area contributed by atoms with E-state index in [0.29, 0.717) is 37.5 Å². The summed E-state index contributed by atoms with van der Waals surface area (Å²) in [6.07, 6.45) is -1.52. The van der Waals surface area contributed by atoms with Crippen molar-refractivity contribution < 1.29 is 18.0 Å². The van der Waals surface area contributed by atoms with E-state index in [-0.39, 0.29) is 23.7 Å². The smallest absolute Gasteiger partial charge is 0.342 e. The van der Waals surface area contributed by atoms with Gasteiger partial charge in [-0.2, -0.15) is 13.2 Å². The Balaban J connectivity index is 1.82. The van der Waals surface area contributed by atoms with Crippen molar-refractivity contribution in [3.63, 3.8) is 0 Å². The number of fused-ring (bicyclic) bond motifs is 1. The van der Waals surface area contributed by atoms with E-state index in [1.807, 2.05) is 4.90 Å². The first-order valence-electron chi connectivity index (χ1n) is 8.48. The fraction of sp³-hybridized carbons (Fsp3) is 0.706. The number of aromatic nitrogens is 2. The van der Waals surface area contributed by atoms with Gasteiger partial charge in [0.15, 0.2) is 5.69 Å². The zero-order valence-corrected chi connectivity index (χ0v) is 14.0. The van der Waals surface area contributed by atoms with Gasteiger partial charge in [0.2, 0.25) is 5.91 Å². The molecule has 1 saturated heterocycles. The van der Waals surface area contributed by atoms with E-state index in [4.69, 9.17) is 0 Å². The quantitative estimate of drug-likeness (QED) is 0.788. The summed E-state index contributed by atoms with van der Waals surface area (Å²) >= 11 is 0. The van der Waals surface area contributed by atoms with Crippen molar-refractivity contribution in [3.8, 4) is 0 Å². The van der Waals surface area contributed by atoms with Gasteiger partial charge in [-0.25, -0.2) is 9.97 Å². The minimum Gasteiger partial charge on any atom is -0.342 e. The molecule has 3 rings (SSSR count). The number of carbonyl (C=O) groups excluding carboxylic acids is 1. The summed E-state index contributed by atoms with van der Waals surface area (Å²) < 4.78 is 39.9. The Labute approximate surface area is 139 Å². The van der Waals surface area contributed by atoms with Gasteiger partial charge < -0.3 is 4.90 Å². The number of nitrogens with zero attached hydrogens (tertiary/aromatic N) is 3. The van der Waals surface area contributed by atoms with E-state index in [9.17, 15) is 18.0 Å². The minimum atomic E-state index is -4.51. The molecule has 2 aliphatic rings. The van der Waals surface area contributed by atoms with Gasteiger partial charge >= 0.3 is 6.18 Å². The van der Waals surface area contributed by atoms with Gasteiger partial charge in [0.25, 0.3) is 0 Å². The van der Waals surface area contributed by atoms with Gasteiger partial charge in [0, 0.05) is 30.3 Å². The van der Waals surface area contributed by atoms with Gasteiger partial charge in [-0.05, 0) is 44.9 Å². The van der Waals surface area contributed by atoms with Crippen LogP contribution in [0.15, 0.2) is 0 Å². The second kappa shape index (κ2) is 6.33. The highest BCUT2D eigenvalue weighted by Crippen LogP contribution is 2.36. The van der Waals surface area contributed by atoms with Crippen molar-refractivity contribution in [1.29, 1.82) is 0 Å². The van der Waals surface area contributed by atoms with Crippen molar-refractivity contribution in [2.45, 2.75) is 52.1 Å². The molecule has 4 nitrogen and oxygen atoms in total. The van der Waals surface area contributed by atoms with E-state index in [1.54, 1.807) is 0 Å². The lowest BCUT2D eigenvalue weighted by Gasteiger charge is -2.34. The molecule has 1 aliphatic heterocycles. The van der Waals surface area contributed by atoms with Crippen molar-refractivity contribution >= 4 is 5.91 Å². The van der Waals surface area contributed by atoms with E-state index < -0.39 is 17.8 Å². The van der Waals surface area contributed by atoms with Crippen LogP contribution in [0.1, 0.15) is 49.0 Å². The molecule has 7 heteroatoms. The maximum absolute atomic E-state index is 13.3. The van der Waals surface area contributed by atoms with Crippen LogP contribution >= 0.6 is 0 Å². The molecule has 1 amide bonds. The Hall–Kier alpha value is -1.66. The Morgan fingerprint density at radius 3 is 2.46 bits per heavy atom. The Bertz CT molecular complexity index is 637. The van der Waals surface area contributed by atoms with Crippen LogP contribution in [0.25, 0.3) is 0 Å². The second-order valence-corrected chi connectivity index (χ2v) is 6.99.